The van der Waals surface area contributed by atoms with E-state index in [9.17, 15) is 4.79 Å². The Balaban J connectivity index is 1.22. The molecule has 3 saturated heterocycles. The van der Waals surface area contributed by atoms with E-state index < -0.39 is 0 Å². The first kappa shape index (κ1) is 16.0. The fraction of sp³-hybridized carbons (Fsp3) is 0.824. The van der Waals surface area contributed by atoms with Crippen LogP contribution in [0.2, 0.25) is 0 Å². The Labute approximate surface area is 142 Å². The first-order valence-electron chi connectivity index (χ1n) is 9.21. The maximum Gasteiger partial charge on any atom is 0.223 e. The molecule has 1 aromatic rings. The first-order valence-corrected chi connectivity index (χ1v) is 9.21. The van der Waals surface area contributed by atoms with Gasteiger partial charge in [-0.2, -0.15) is 4.98 Å². The number of piperidine rings is 1. The predicted octanol–water partition coefficient (Wildman–Crippen LogP) is 0.943. The van der Waals surface area contributed by atoms with Crippen LogP contribution in [0.25, 0.3) is 0 Å². The Morgan fingerprint density at radius 2 is 1.92 bits per heavy atom. The third kappa shape index (κ3) is 3.62. The van der Waals surface area contributed by atoms with E-state index in [2.05, 4.69) is 20.4 Å². The summed E-state index contributed by atoms with van der Waals surface area (Å²) in [6, 6.07) is 1.33. The number of nitrogens with zero attached hydrogens (tertiary/aromatic N) is 4. The van der Waals surface area contributed by atoms with Gasteiger partial charge in [0.2, 0.25) is 11.8 Å². The number of aryl methyl sites for hydroxylation is 1. The number of fused-ring (bicyclic) bond motifs is 2. The van der Waals surface area contributed by atoms with Gasteiger partial charge in [-0.1, -0.05) is 5.16 Å². The Morgan fingerprint density at radius 3 is 2.54 bits per heavy atom. The van der Waals surface area contributed by atoms with E-state index in [4.69, 9.17) is 4.52 Å². The molecule has 4 heterocycles. The van der Waals surface area contributed by atoms with Gasteiger partial charge in [0, 0.05) is 51.6 Å². The Bertz CT molecular complexity index is 569. The second-order valence-electron chi connectivity index (χ2n) is 7.57. The Morgan fingerprint density at radius 1 is 1.21 bits per heavy atom. The van der Waals surface area contributed by atoms with Crippen LogP contribution in [-0.2, 0) is 11.3 Å². The fourth-order valence-electron chi connectivity index (χ4n) is 4.48. The van der Waals surface area contributed by atoms with Crippen LogP contribution in [-0.4, -0.2) is 64.1 Å². The zero-order valence-corrected chi connectivity index (χ0v) is 14.4. The lowest BCUT2D eigenvalue weighted by Crippen LogP contribution is -2.49. The number of piperazine rings is 1. The first-order chi connectivity index (χ1) is 11.7. The second kappa shape index (κ2) is 6.80. The average molecular weight is 333 g/mol. The molecule has 7 heteroatoms. The number of carbonyl (C=O) groups excluding carboxylic acids is 1. The zero-order chi connectivity index (χ0) is 16.5. The molecular weight excluding hydrogens is 306 g/mol. The van der Waals surface area contributed by atoms with Crippen molar-refractivity contribution in [1.82, 2.24) is 25.3 Å². The van der Waals surface area contributed by atoms with Crippen molar-refractivity contribution in [2.24, 2.45) is 5.92 Å². The van der Waals surface area contributed by atoms with Gasteiger partial charge in [-0.05, 0) is 31.6 Å². The number of rotatable bonds is 4. The summed E-state index contributed by atoms with van der Waals surface area (Å²) in [5.41, 5.74) is 0. The minimum absolute atomic E-state index is 0.344. The molecule has 1 amide bonds. The highest BCUT2D eigenvalue weighted by Gasteiger charge is 2.35. The van der Waals surface area contributed by atoms with E-state index in [0.717, 1.165) is 38.4 Å². The van der Waals surface area contributed by atoms with Crippen LogP contribution in [0, 0.1) is 12.8 Å². The summed E-state index contributed by atoms with van der Waals surface area (Å²) in [5, 5.41) is 7.60. The predicted molar refractivity (Wildman–Crippen MR) is 88.2 cm³/mol. The minimum Gasteiger partial charge on any atom is -0.340 e. The molecular formula is C17H27N5O2. The van der Waals surface area contributed by atoms with Gasteiger partial charge in [0.1, 0.15) is 0 Å². The fourth-order valence-corrected chi connectivity index (χ4v) is 4.48. The molecule has 0 radical (unpaired) electrons. The van der Waals surface area contributed by atoms with Crippen LogP contribution in [0.4, 0.5) is 0 Å². The average Bonchev–Trinajstić information content (AvgIpc) is 3.13. The maximum atomic E-state index is 12.6. The second-order valence-corrected chi connectivity index (χ2v) is 7.57. The van der Waals surface area contributed by atoms with E-state index in [1.165, 1.54) is 25.7 Å². The third-order valence-corrected chi connectivity index (χ3v) is 5.69. The molecule has 24 heavy (non-hydrogen) atoms. The molecule has 3 aliphatic heterocycles. The van der Waals surface area contributed by atoms with Crippen LogP contribution in [0.1, 0.15) is 43.8 Å². The van der Waals surface area contributed by atoms with Crippen molar-refractivity contribution < 1.29 is 9.32 Å². The van der Waals surface area contributed by atoms with Gasteiger partial charge in [0.15, 0.2) is 5.82 Å². The smallest absolute Gasteiger partial charge is 0.223 e. The van der Waals surface area contributed by atoms with Crippen LogP contribution in [0.15, 0.2) is 4.52 Å². The van der Waals surface area contributed by atoms with E-state index >= 15 is 0 Å². The number of aromatic nitrogens is 2. The lowest BCUT2D eigenvalue weighted by atomic mass is 9.89. The van der Waals surface area contributed by atoms with Crippen molar-refractivity contribution in [3.8, 4) is 0 Å². The molecule has 2 atom stereocenters. The SMILES string of the molecule is Cc1nc(CN2CCN(C(=O)CC3CC4CCC(C3)N4)CC2)no1. The number of amides is 1. The number of hydrogen-bond acceptors (Lipinski definition) is 6. The van der Waals surface area contributed by atoms with Crippen LogP contribution < -0.4 is 5.32 Å². The van der Waals surface area contributed by atoms with E-state index in [0.29, 0.717) is 36.3 Å². The van der Waals surface area contributed by atoms with Gasteiger partial charge in [0.25, 0.3) is 0 Å². The highest BCUT2D eigenvalue weighted by molar-refractivity contribution is 5.76. The molecule has 2 unspecified atom stereocenters. The normalized spacial score (nSPS) is 30.7. The molecule has 1 aromatic heterocycles. The zero-order valence-electron chi connectivity index (χ0n) is 14.4. The third-order valence-electron chi connectivity index (χ3n) is 5.69. The molecule has 132 valence electrons. The Kier molecular flexibility index (Phi) is 4.54. The summed E-state index contributed by atoms with van der Waals surface area (Å²) in [6.45, 7) is 5.91. The molecule has 1 N–H and O–H groups in total. The molecule has 3 fully saturated rings. The van der Waals surface area contributed by atoms with E-state index in [-0.39, 0.29) is 0 Å². The monoisotopic (exact) mass is 333 g/mol. The van der Waals surface area contributed by atoms with E-state index in [1.807, 2.05) is 4.90 Å². The molecule has 0 spiro atoms. The van der Waals surface area contributed by atoms with Crippen molar-refractivity contribution in [2.75, 3.05) is 26.2 Å². The lowest BCUT2D eigenvalue weighted by molar-refractivity contribution is -0.134. The molecule has 7 nitrogen and oxygen atoms in total. The van der Waals surface area contributed by atoms with Crippen molar-refractivity contribution in [3.63, 3.8) is 0 Å². The number of hydrogen-bond donors (Lipinski definition) is 1. The standard InChI is InChI=1S/C17H27N5O2/c1-12-18-16(20-24-12)11-21-4-6-22(7-5-21)17(23)10-13-8-14-2-3-15(9-13)19-14/h13-15,19H,2-11H2,1H3. The summed E-state index contributed by atoms with van der Waals surface area (Å²) >= 11 is 0. The van der Waals surface area contributed by atoms with Crippen LogP contribution >= 0.6 is 0 Å². The minimum atomic E-state index is 0.344. The van der Waals surface area contributed by atoms with Crippen molar-refractivity contribution in [1.29, 1.82) is 0 Å². The largest absolute Gasteiger partial charge is 0.340 e. The van der Waals surface area contributed by atoms with Gasteiger partial charge in [-0.3, -0.25) is 9.69 Å². The molecule has 4 rings (SSSR count). The lowest BCUT2D eigenvalue weighted by Gasteiger charge is -2.36. The van der Waals surface area contributed by atoms with Gasteiger partial charge < -0.3 is 14.7 Å². The van der Waals surface area contributed by atoms with E-state index in [1.54, 1.807) is 6.92 Å². The van der Waals surface area contributed by atoms with Crippen molar-refractivity contribution >= 4 is 5.91 Å². The van der Waals surface area contributed by atoms with Gasteiger partial charge in [0.05, 0.1) is 6.54 Å². The maximum absolute atomic E-state index is 12.6. The van der Waals surface area contributed by atoms with Crippen LogP contribution in [0.5, 0.6) is 0 Å². The Hall–Kier alpha value is -1.47. The van der Waals surface area contributed by atoms with Crippen molar-refractivity contribution in [2.45, 2.75) is 57.7 Å². The molecule has 0 saturated carbocycles. The number of carbonyl (C=O) groups is 1. The summed E-state index contributed by atoms with van der Waals surface area (Å²) in [4.78, 5) is 21.2. The number of nitrogens with one attached hydrogen (secondary N) is 1. The highest BCUT2D eigenvalue weighted by Crippen LogP contribution is 2.33. The van der Waals surface area contributed by atoms with Crippen LogP contribution in [0.3, 0.4) is 0 Å². The highest BCUT2D eigenvalue weighted by atomic mass is 16.5. The summed E-state index contributed by atoms with van der Waals surface area (Å²) in [6.07, 6.45) is 5.69. The summed E-state index contributed by atoms with van der Waals surface area (Å²) in [7, 11) is 0. The molecule has 0 aromatic carbocycles. The van der Waals surface area contributed by atoms with Gasteiger partial charge in [-0.25, -0.2) is 0 Å². The van der Waals surface area contributed by atoms with Crippen molar-refractivity contribution in [3.05, 3.63) is 11.7 Å². The molecule has 0 aliphatic carbocycles. The topological polar surface area (TPSA) is 74.5 Å². The van der Waals surface area contributed by atoms with Gasteiger partial charge in [-0.15, -0.1) is 0 Å². The summed E-state index contributed by atoms with van der Waals surface area (Å²) < 4.78 is 5.01. The molecule has 3 aliphatic rings. The summed E-state index contributed by atoms with van der Waals surface area (Å²) in [5.74, 6) is 2.26. The quantitative estimate of drug-likeness (QED) is 0.884. The van der Waals surface area contributed by atoms with Gasteiger partial charge >= 0.3 is 0 Å². The molecule has 2 bridgehead atoms.